The highest BCUT2D eigenvalue weighted by Crippen LogP contribution is 2.51. The number of methoxy groups -OCH3 is 3. The van der Waals surface area contributed by atoms with Gasteiger partial charge in [0.1, 0.15) is 0 Å². The summed E-state index contributed by atoms with van der Waals surface area (Å²) in [6, 6.07) is 11.5. The van der Waals surface area contributed by atoms with E-state index in [1.807, 2.05) is 18.2 Å². The summed E-state index contributed by atoms with van der Waals surface area (Å²) in [6.45, 7) is 5.14. The third-order valence-corrected chi connectivity index (χ3v) is 7.33. The SMILES string of the molecule is COC(=O)c1ccc([C@H]2C=C3c4cc(OC)c(OC)cc4CCN3C3=C2C(=O)CC(C)(C)C3)cc1. The summed E-state index contributed by atoms with van der Waals surface area (Å²) >= 11 is 0. The molecule has 0 amide bonds. The number of Topliss-reactive ketones (excluding diaryl/α,β-unsaturated/α-hetero) is 1. The second-order valence-corrected chi connectivity index (χ2v) is 10.2. The fourth-order valence-electron chi connectivity index (χ4n) is 5.67. The molecule has 35 heavy (non-hydrogen) atoms. The molecule has 0 spiro atoms. The molecule has 0 N–H and O–H groups in total. The van der Waals surface area contributed by atoms with E-state index < -0.39 is 0 Å². The van der Waals surface area contributed by atoms with Crippen molar-refractivity contribution in [2.75, 3.05) is 27.9 Å². The minimum atomic E-state index is -0.373. The zero-order valence-electron chi connectivity index (χ0n) is 20.9. The molecular weight excluding hydrogens is 442 g/mol. The molecule has 0 aromatic heterocycles. The predicted octanol–water partition coefficient (Wildman–Crippen LogP) is 5.13. The molecule has 2 heterocycles. The number of esters is 1. The molecule has 2 aromatic rings. The highest BCUT2D eigenvalue weighted by atomic mass is 16.5. The Labute approximate surface area is 206 Å². The molecule has 5 rings (SSSR count). The van der Waals surface area contributed by atoms with E-state index in [1.165, 1.54) is 12.7 Å². The van der Waals surface area contributed by atoms with E-state index in [0.29, 0.717) is 17.7 Å². The van der Waals surface area contributed by atoms with Crippen molar-refractivity contribution in [3.8, 4) is 11.5 Å². The maximum Gasteiger partial charge on any atom is 0.337 e. The molecule has 2 aromatic carbocycles. The monoisotopic (exact) mass is 473 g/mol. The Morgan fingerprint density at radius 1 is 1.00 bits per heavy atom. The van der Waals surface area contributed by atoms with Gasteiger partial charge in [0.25, 0.3) is 0 Å². The van der Waals surface area contributed by atoms with Gasteiger partial charge in [-0.2, -0.15) is 0 Å². The lowest BCUT2D eigenvalue weighted by Gasteiger charge is -2.46. The lowest BCUT2D eigenvalue weighted by Crippen LogP contribution is -2.40. The smallest absolute Gasteiger partial charge is 0.337 e. The van der Waals surface area contributed by atoms with Crippen LogP contribution in [0.1, 0.15) is 59.7 Å². The number of ketones is 1. The molecule has 2 aliphatic heterocycles. The van der Waals surface area contributed by atoms with Gasteiger partial charge >= 0.3 is 5.97 Å². The van der Waals surface area contributed by atoms with E-state index in [-0.39, 0.29) is 23.1 Å². The summed E-state index contributed by atoms with van der Waals surface area (Å²) in [5.41, 5.74) is 6.77. The molecule has 1 aliphatic carbocycles. The first-order valence-corrected chi connectivity index (χ1v) is 12.0. The second-order valence-electron chi connectivity index (χ2n) is 10.2. The molecule has 3 aliphatic rings. The van der Waals surface area contributed by atoms with Crippen LogP contribution in [0.15, 0.2) is 53.7 Å². The Kier molecular flexibility index (Phi) is 5.70. The topological polar surface area (TPSA) is 65.1 Å². The van der Waals surface area contributed by atoms with Crippen LogP contribution in [0.4, 0.5) is 0 Å². The molecule has 182 valence electrons. The average Bonchev–Trinajstić information content (AvgIpc) is 2.85. The van der Waals surface area contributed by atoms with Gasteiger partial charge in [0.05, 0.1) is 26.9 Å². The summed E-state index contributed by atoms with van der Waals surface area (Å²) in [4.78, 5) is 27.8. The zero-order valence-corrected chi connectivity index (χ0v) is 20.9. The van der Waals surface area contributed by atoms with Crippen LogP contribution in [0.2, 0.25) is 0 Å². The van der Waals surface area contributed by atoms with E-state index in [9.17, 15) is 9.59 Å². The van der Waals surface area contributed by atoms with Crippen molar-refractivity contribution in [1.29, 1.82) is 0 Å². The van der Waals surface area contributed by atoms with Crippen molar-refractivity contribution in [3.05, 3.63) is 76.0 Å². The molecule has 0 unspecified atom stereocenters. The Hall–Kier alpha value is -3.54. The summed E-state index contributed by atoms with van der Waals surface area (Å²) in [5.74, 6) is 1.05. The molecule has 6 nitrogen and oxygen atoms in total. The van der Waals surface area contributed by atoms with Crippen LogP contribution in [0, 0.1) is 5.41 Å². The first kappa shape index (κ1) is 23.2. The minimum Gasteiger partial charge on any atom is -0.493 e. The van der Waals surface area contributed by atoms with Gasteiger partial charge in [-0.25, -0.2) is 4.79 Å². The number of hydrogen-bond donors (Lipinski definition) is 0. The van der Waals surface area contributed by atoms with Gasteiger partial charge in [0.2, 0.25) is 0 Å². The van der Waals surface area contributed by atoms with E-state index in [1.54, 1.807) is 26.4 Å². The maximum absolute atomic E-state index is 13.5. The Bertz CT molecular complexity index is 1270. The number of ether oxygens (including phenoxy) is 3. The Morgan fingerprint density at radius 2 is 1.69 bits per heavy atom. The van der Waals surface area contributed by atoms with Crippen LogP contribution < -0.4 is 9.47 Å². The van der Waals surface area contributed by atoms with Crippen LogP contribution in [-0.4, -0.2) is 44.5 Å². The van der Waals surface area contributed by atoms with Crippen LogP contribution in [0.5, 0.6) is 11.5 Å². The lowest BCUT2D eigenvalue weighted by atomic mass is 9.69. The van der Waals surface area contributed by atoms with Gasteiger partial charge in [-0.05, 0) is 59.7 Å². The molecular formula is C29H31NO5. The normalized spacial score (nSPS) is 20.4. The number of rotatable bonds is 4. The number of allylic oxidation sites excluding steroid dienone is 3. The fourth-order valence-corrected chi connectivity index (χ4v) is 5.67. The molecule has 1 atom stereocenters. The Morgan fingerprint density at radius 3 is 2.34 bits per heavy atom. The summed E-state index contributed by atoms with van der Waals surface area (Å²) < 4.78 is 16.0. The van der Waals surface area contributed by atoms with Gasteiger partial charge in [-0.15, -0.1) is 0 Å². The molecule has 0 saturated carbocycles. The highest BCUT2D eigenvalue weighted by molar-refractivity contribution is 6.01. The first-order valence-electron chi connectivity index (χ1n) is 12.0. The van der Waals surface area contributed by atoms with Gasteiger partial charge < -0.3 is 19.1 Å². The van der Waals surface area contributed by atoms with E-state index in [0.717, 1.165) is 53.2 Å². The molecule has 0 saturated heterocycles. The third-order valence-electron chi connectivity index (χ3n) is 7.33. The average molecular weight is 474 g/mol. The van der Waals surface area contributed by atoms with E-state index in [2.05, 4.69) is 30.9 Å². The zero-order chi connectivity index (χ0) is 24.9. The number of fused-ring (bicyclic) bond motifs is 4. The molecule has 0 bridgehead atoms. The van der Waals surface area contributed by atoms with Crippen molar-refractivity contribution < 1.29 is 23.8 Å². The fraction of sp³-hybridized carbons (Fsp3) is 0.379. The number of carbonyl (C=O) groups excluding carboxylic acids is 2. The summed E-state index contributed by atoms with van der Waals surface area (Å²) in [7, 11) is 4.68. The maximum atomic E-state index is 13.5. The second kappa shape index (κ2) is 8.59. The van der Waals surface area contributed by atoms with Crippen molar-refractivity contribution in [3.63, 3.8) is 0 Å². The van der Waals surface area contributed by atoms with Gasteiger partial charge in [-0.1, -0.05) is 26.0 Å². The van der Waals surface area contributed by atoms with E-state index >= 15 is 0 Å². The first-order chi connectivity index (χ1) is 16.8. The van der Waals surface area contributed by atoms with Crippen molar-refractivity contribution >= 4 is 17.4 Å². The quantitative estimate of drug-likeness (QED) is 0.574. The number of carbonyl (C=O) groups is 2. The largest absolute Gasteiger partial charge is 0.493 e. The number of nitrogens with zero attached hydrogens (tertiary/aromatic N) is 1. The van der Waals surface area contributed by atoms with Crippen LogP contribution in [0.25, 0.3) is 5.70 Å². The van der Waals surface area contributed by atoms with Crippen LogP contribution in [0.3, 0.4) is 0 Å². The lowest BCUT2D eigenvalue weighted by molar-refractivity contribution is -0.118. The highest BCUT2D eigenvalue weighted by Gasteiger charge is 2.42. The molecule has 0 radical (unpaired) electrons. The molecule has 6 heteroatoms. The predicted molar refractivity (Wildman–Crippen MR) is 134 cm³/mol. The number of benzene rings is 2. The standard InChI is InChI=1S/C29H31NO5/c1-29(2)15-23-27(24(31)16-29)21(17-6-8-18(9-7-17)28(32)35-5)13-22-20-14-26(34-4)25(33-3)12-19(20)10-11-30(22)23/h6-9,12-14,21H,10-11,15-16H2,1-5H3/t21-/m1/s1. The van der Waals surface area contributed by atoms with E-state index in [4.69, 9.17) is 14.2 Å². The Balaban J connectivity index is 1.68. The van der Waals surface area contributed by atoms with Gasteiger partial charge in [0.15, 0.2) is 17.3 Å². The number of hydrogen-bond acceptors (Lipinski definition) is 6. The van der Waals surface area contributed by atoms with Gasteiger partial charge in [0, 0.05) is 41.4 Å². The van der Waals surface area contributed by atoms with Crippen molar-refractivity contribution in [1.82, 2.24) is 4.90 Å². The molecule has 0 fully saturated rings. The summed E-state index contributed by atoms with van der Waals surface area (Å²) in [6.07, 6.45) is 4.43. The van der Waals surface area contributed by atoms with Crippen molar-refractivity contribution in [2.24, 2.45) is 5.41 Å². The van der Waals surface area contributed by atoms with Crippen molar-refractivity contribution in [2.45, 2.75) is 39.0 Å². The van der Waals surface area contributed by atoms with Crippen LogP contribution in [-0.2, 0) is 16.0 Å². The third kappa shape index (κ3) is 3.91. The van der Waals surface area contributed by atoms with Crippen LogP contribution >= 0.6 is 0 Å². The summed E-state index contributed by atoms with van der Waals surface area (Å²) in [5, 5.41) is 0. The van der Waals surface area contributed by atoms with Gasteiger partial charge in [-0.3, -0.25) is 4.79 Å². The minimum absolute atomic E-state index is 0.102.